The average molecular weight is 538 g/mol. The highest BCUT2D eigenvalue weighted by molar-refractivity contribution is 9.10. The van der Waals surface area contributed by atoms with E-state index >= 15 is 0 Å². The molecule has 1 saturated heterocycles. The molecule has 0 bridgehead atoms. The number of rotatable bonds is 6. The second-order valence-electron chi connectivity index (χ2n) is 9.06. The van der Waals surface area contributed by atoms with Crippen LogP contribution in [0.15, 0.2) is 40.9 Å². The molecule has 0 spiro atoms. The van der Waals surface area contributed by atoms with Crippen LogP contribution in [0.1, 0.15) is 24.0 Å². The summed E-state index contributed by atoms with van der Waals surface area (Å²) in [6, 6.07) is 10.7. The Morgan fingerprint density at radius 3 is 2.73 bits per heavy atom. The smallest absolute Gasteiger partial charge is 0.321 e. The molecular formula is C25H31BrClFN4O. The van der Waals surface area contributed by atoms with Crippen LogP contribution in [0.25, 0.3) is 0 Å². The van der Waals surface area contributed by atoms with Gasteiger partial charge in [-0.3, -0.25) is 0 Å². The van der Waals surface area contributed by atoms with Gasteiger partial charge in [0.15, 0.2) is 0 Å². The van der Waals surface area contributed by atoms with Crippen LogP contribution in [0.3, 0.4) is 0 Å². The maximum absolute atomic E-state index is 13.6. The Balaban J connectivity index is 1.44. The van der Waals surface area contributed by atoms with Crippen molar-refractivity contribution in [3.8, 4) is 0 Å². The second kappa shape index (κ2) is 11.2. The van der Waals surface area contributed by atoms with Gasteiger partial charge in [0.05, 0.1) is 5.02 Å². The van der Waals surface area contributed by atoms with Gasteiger partial charge in [-0.15, -0.1) is 0 Å². The summed E-state index contributed by atoms with van der Waals surface area (Å²) < 4.78 is 14.6. The number of fused-ring (bicyclic) bond motifs is 1. The first-order valence-electron chi connectivity index (χ1n) is 11.6. The first-order chi connectivity index (χ1) is 15.9. The van der Waals surface area contributed by atoms with Crippen molar-refractivity contribution in [1.82, 2.24) is 14.7 Å². The summed E-state index contributed by atoms with van der Waals surface area (Å²) in [4.78, 5) is 20.1. The van der Waals surface area contributed by atoms with E-state index in [9.17, 15) is 9.18 Å². The monoisotopic (exact) mass is 536 g/mol. The van der Waals surface area contributed by atoms with Crippen molar-refractivity contribution in [2.24, 2.45) is 0 Å². The fourth-order valence-corrected chi connectivity index (χ4v) is 5.31. The lowest BCUT2D eigenvalue weighted by Crippen LogP contribution is -2.48. The molecule has 0 saturated carbocycles. The number of nitrogens with one attached hydrogen (secondary N) is 1. The van der Waals surface area contributed by atoms with Crippen LogP contribution in [0.5, 0.6) is 0 Å². The van der Waals surface area contributed by atoms with E-state index in [1.807, 2.05) is 4.90 Å². The summed E-state index contributed by atoms with van der Waals surface area (Å²) in [6.45, 7) is 5.99. The first kappa shape index (κ1) is 24.5. The Hall–Kier alpha value is -1.67. The first-order valence-corrected chi connectivity index (χ1v) is 12.8. The third-order valence-electron chi connectivity index (χ3n) is 6.71. The van der Waals surface area contributed by atoms with E-state index in [4.69, 9.17) is 11.6 Å². The van der Waals surface area contributed by atoms with Crippen LogP contribution in [0.2, 0.25) is 5.02 Å². The summed E-state index contributed by atoms with van der Waals surface area (Å²) >= 11 is 9.48. The Kier molecular flexibility index (Phi) is 8.28. The van der Waals surface area contributed by atoms with Crippen molar-refractivity contribution in [3.63, 3.8) is 0 Å². The molecule has 2 amide bonds. The summed E-state index contributed by atoms with van der Waals surface area (Å²) in [6.07, 6.45) is 3.64. The second-order valence-corrected chi connectivity index (χ2v) is 10.4. The Labute approximate surface area is 209 Å². The van der Waals surface area contributed by atoms with Gasteiger partial charge in [0, 0.05) is 48.9 Å². The highest BCUT2D eigenvalue weighted by Crippen LogP contribution is 2.28. The maximum Gasteiger partial charge on any atom is 0.322 e. The third-order valence-corrected chi connectivity index (χ3v) is 7.50. The summed E-state index contributed by atoms with van der Waals surface area (Å²) in [5.41, 5.74) is 3.16. The summed E-state index contributed by atoms with van der Waals surface area (Å²) in [5.74, 6) is -0.492. The number of halogens is 3. The minimum Gasteiger partial charge on any atom is -0.321 e. The number of benzene rings is 2. The minimum absolute atomic E-state index is 0.00610. The van der Waals surface area contributed by atoms with Crippen LogP contribution in [-0.4, -0.2) is 73.1 Å². The van der Waals surface area contributed by atoms with E-state index in [0.717, 1.165) is 62.9 Å². The van der Waals surface area contributed by atoms with Gasteiger partial charge in [0.25, 0.3) is 0 Å². The van der Waals surface area contributed by atoms with Crippen LogP contribution >= 0.6 is 27.5 Å². The van der Waals surface area contributed by atoms with Gasteiger partial charge in [0.1, 0.15) is 5.82 Å². The minimum atomic E-state index is -0.492. The summed E-state index contributed by atoms with van der Waals surface area (Å²) in [5, 5.41) is 2.95. The SMILES string of the molecule is CN1CCN(CCCN(C(=O)Nc2ccc(F)c(Cl)c2)[C@@H]2CCc3cc(Br)ccc3C2)CC1. The zero-order valence-corrected chi connectivity index (χ0v) is 21.3. The molecule has 2 aliphatic rings. The standard InChI is InChI=1S/C25H31BrClFN4O/c1-30-11-13-31(14-12-30)9-2-10-32(25(33)29-21-6-8-24(28)23(27)17-21)22-7-4-18-15-20(26)5-3-19(18)16-22/h3,5-6,8,15,17,22H,2,4,7,9-14,16H2,1H3,(H,29,33)/t22-/m1/s1. The molecule has 1 heterocycles. The van der Waals surface area contributed by atoms with Crippen molar-refractivity contribution < 1.29 is 9.18 Å². The Morgan fingerprint density at radius 1 is 1.18 bits per heavy atom. The zero-order valence-electron chi connectivity index (χ0n) is 19.0. The van der Waals surface area contributed by atoms with E-state index in [1.165, 1.54) is 23.3 Å². The predicted molar refractivity (Wildman–Crippen MR) is 136 cm³/mol. The fraction of sp³-hybridized carbons (Fsp3) is 0.480. The lowest BCUT2D eigenvalue weighted by Gasteiger charge is -2.37. The van der Waals surface area contributed by atoms with Crippen molar-refractivity contribution >= 4 is 39.2 Å². The highest BCUT2D eigenvalue weighted by atomic mass is 79.9. The molecule has 178 valence electrons. The van der Waals surface area contributed by atoms with Crippen molar-refractivity contribution in [1.29, 1.82) is 0 Å². The van der Waals surface area contributed by atoms with Gasteiger partial charge in [-0.25, -0.2) is 9.18 Å². The molecule has 1 fully saturated rings. The Morgan fingerprint density at radius 2 is 1.97 bits per heavy atom. The van der Waals surface area contributed by atoms with E-state index in [-0.39, 0.29) is 17.1 Å². The normalized spacial score (nSPS) is 19.2. The number of anilines is 1. The molecular weight excluding hydrogens is 507 g/mol. The molecule has 4 rings (SSSR count). The van der Waals surface area contributed by atoms with Crippen molar-refractivity contribution in [2.45, 2.75) is 31.7 Å². The van der Waals surface area contributed by atoms with E-state index in [1.54, 1.807) is 6.07 Å². The van der Waals surface area contributed by atoms with Gasteiger partial charge in [-0.2, -0.15) is 0 Å². The van der Waals surface area contributed by atoms with Crippen LogP contribution in [0.4, 0.5) is 14.9 Å². The van der Waals surface area contributed by atoms with Gasteiger partial charge >= 0.3 is 6.03 Å². The number of likely N-dealkylation sites (N-methyl/N-ethyl adjacent to an activating group) is 1. The number of urea groups is 1. The number of carbonyl (C=O) groups is 1. The lowest BCUT2D eigenvalue weighted by atomic mass is 9.87. The topological polar surface area (TPSA) is 38.8 Å². The maximum atomic E-state index is 13.6. The van der Waals surface area contributed by atoms with Crippen LogP contribution < -0.4 is 5.32 Å². The van der Waals surface area contributed by atoms with Crippen molar-refractivity contribution in [3.05, 3.63) is 62.8 Å². The number of nitrogens with zero attached hydrogens (tertiary/aromatic N) is 3. The molecule has 1 aliphatic carbocycles. The number of hydrogen-bond acceptors (Lipinski definition) is 3. The van der Waals surface area contributed by atoms with Crippen molar-refractivity contribution in [2.75, 3.05) is 51.6 Å². The van der Waals surface area contributed by atoms with Crippen LogP contribution in [-0.2, 0) is 12.8 Å². The van der Waals surface area contributed by atoms with Gasteiger partial charge in [-0.1, -0.05) is 33.6 Å². The van der Waals surface area contributed by atoms with E-state index in [0.29, 0.717) is 12.2 Å². The van der Waals surface area contributed by atoms with Gasteiger partial charge < -0.3 is 20.0 Å². The lowest BCUT2D eigenvalue weighted by molar-refractivity contribution is 0.140. The van der Waals surface area contributed by atoms with E-state index in [2.05, 4.69) is 56.3 Å². The summed E-state index contributed by atoms with van der Waals surface area (Å²) in [7, 11) is 2.16. The molecule has 33 heavy (non-hydrogen) atoms. The van der Waals surface area contributed by atoms with Gasteiger partial charge in [-0.05, 0) is 80.7 Å². The molecule has 1 aliphatic heterocycles. The zero-order chi connectivity index (χ0) is 23.4. The number of carbonyl (C=O) groups excluding carboxylic acids is 1. The molecule has 1 N–H and O–H groups in total. The third kappa shape index (κ3) is 6.47. The molecule has 0 unspecified atom stereocenters. The molecule has 8 heteroatoms. The molecule has 5 nitrogen and oxygen atoms in total. The number of aryl methyl sites for hydroxylation is 1. The predicted octanol–water partition coefficient (Wildman–Crippen LogP) is 5.27. The molecule has 0 aromatic heterocycles. The van der Waals surface area contributed by atoms with Gasteiger partial charge in [0.2, 0.25) is 0 Å². The number of amides is 2. The quantitative estimate of drug-likeness (QED) is 0.546. The Bertz CT molecular complexity index is 983. The molecule has 0 radical (unpaired) electrons. The highest BCUT2D eigenvalue weighted by Gasteiger charge is 2.28. The fourth-order valence-electron chi connectivity index (χ4n) is 4.73. The van der Waals surface area contributed by atoms with E-state index < -0.39 is 5.82 Å². The number of hydrogen-bond donors (Lipinski definition) is 1. The largest absolute Gasteiger partial charge is 0.322 e. The van der Waals surface area contributed by atoms with Crippen LogP contribution in [0, 0.1) is 5.82 Å². The molecule has 2 aromatic carbocycles. The molecule has 1 atom stereocenters. The average Bonchev–Trinajstić information content (AvgIpc) is 2.80. The number of piperazine rings is 1. The molecule has 2 aromatic rings.